The van der Waals surface area contributed by atoms with Crippen LogP contribution < -0.4 is 5.73 Å². The summed E-state index contributed by atoms with van der Waals surface area (Å²) in [5, 5.41) is 0. The Morgan fingerprint density at radius 2 is 1.59 bits per heavy atom. The van der Waals surface area contributed by atoms with Crippen LogP contribution in [0, 0.1) is 11.8 Å². The average molecular weight is 239 g/mol. The molecule has 3 nitrogen and oxygen atoms in total. The van der Waals surface area contributed by atoms with E-state index in [9.17, 15) is 4.79 Å². The molecule has 17 heavy (non-hydrogen) atoms. The Labute approximate surface area is 104 Å². The molecule has 2 saturated carbocycles. The Balaban J connectivity index is 1.73. The fourth-order valence-corrected chi connectivity index (χ4v) is 2.96. The van der Waals surface area contributed by atoms with Gasteiger partial charge in [0.1, 0.15) is 6.10 Å². The Hall–Kier alpha value is -0.570. The van der Waals surface area contributed by atoms with Crippen LogP contribution in [0.1, 0.15) is 58.3 Å². The first kappa shape index (κ1) is 12.9. The minimum Gasteiger partial charge on any atom is -0.462 e. The summed E-state index contributed by atoms with van der Waals surface area (Å²) in [7, 11) is 0. The summed E-state index contributed by atoms with van der Waals surface area (Å²) >= 11 is 0. The molecule has 0 aromatic rings. The first-order valence-corrected chi connectivity index (χ1v) is 7.11. The first-order chi connectivity index (χ1) is 8.15. The summed E-state index contributed by atoms with van der Waals surface area (Å²) in [4.78, 5) is 12.0. The van der Waals surface area contributed by atoms with Gasteiger partial charge in [-0.3, -0.25) is 4.79 Å². The van der Waals surface area contributed by atoms with Crippen molar-refractivity contribution in [3.8, 4) is 0 Å². The fraction of sp³-hybridized carbons (Fsp3) is 0.929. The lowest BCUT2D eigenvalue weighted by molar-refractivity contribution is -0.157. The molecule has 0 saturated heterocycles. The fourth-order valence-electron chi connectivity index (χ4n) is 2.96. The Morgan fingerprint density at radius 3 is 2.18 bits per heavy atom. The second-order valence-electron chi connectivity index (χ2n) is 5.93. The van der Waals surface area contributed by atoms with E-state index in [1.54, 1.807) is 0 Å². The zero-order valence-electron chi connectivity index (χ0n) is 10.9. The lowest BCUT2D eigenvalue weighted by atomic mass is 9.86. The van der Waals surface area contributed by atoms with Crippen molar-refractivity contribution in [3.63, 3.8) is 0 Å². The molecule has 0 aliphatic heterocycles. The van der Waals surface area contributed by atoms with Gasteiger partial charge in [-0.1, -0.05) is 6.92 Å². The van der Waals surface area contributed by atoms with E-state index in [4.69, 9.17) is 10.5 Å². The van der Waals surface area contributed by atoms with Crippen LogP contribution in [0.5, 0.6) is 0 Å². The smallest absolute Gasteiger partial charge is 0.309 e. The first-order valence-electron chi connectivity index (χ1n) is 7.11. The molecule has 0 spiro atoms. The third-order valence-electron chi connectivity index (χ3n) is 4.35. The van der Waals surface area contributed by atoms with Crippen molar-refractivity contribution in [2.45, 2.75) is 70.4 Å². The molecule has 3 heteroatoms. The molecule has 2 fully saturated rings. The van der Waals surface area contributed by atoms with Crippen LogP contribution in [-0.4, -0.2) is 18.1 Å². The van der Waals surface area contributed by atoms with Gasteiger partial charge in [-0.05, 0) is 57.3 Å². The topological polar surface area (TPSA) is 52.3 Å². The predicted octanol–water partition coefficient (Wildman–Crippen LogP) is 2.63. The minimum atomic E-state index is 0.0384. The highest BCUT2D eigenvalue weighted by Crippen LogP contribution is 2.29. The second kappa shape index (κ2) is 5.85. The summed E-state index contributed by atoms with van der Waals surface area (Å²) < 4.78 is 5.63. The highest BCUT2D eigenvalue weighted by atomic mass is 16.5. The second-order valence-corrected chi connectivity index (χ2v) is 5.93. The molecule has 0 amide bonds. The van der Waals surface area contributed by atoms with Crippen molar-refractivity contribution >= 4 is 5.97 Å². The summed E-state index contributed by atoms with van der Waals surface area (Å²) in [6, 6.07) is 0.301. The average Bonchev–Trinajstić information content (AvgIpc) is 2.33. The molecule has 2 rings (SSSR count). The van der Waals surface area contributed by atoms with Gasteiger partial charge in [0.25, 0.3) is 0 Å². The van der Waals surface area contributed by atoms with Crippen molar-refractivity contribution in [2.24, 2.45) is 17.6 Å². The molecule has 0 unspecified atom stereocenters. The summed E-state index contributed by atoms with van der Waals surface area (Å²) in [5.74, 6) is 0.961. The third-order valence-corrected chi connectivity index (χ3v) is 4.35. The van der Waals surface area contributed by atoms with E-state index < -0.39 is 0 Å². The predicted molar refractivity (Wildman–Crippen MR) is 67.4 cm³/mol. The highest BCUT2D eigenvalue weighted by Gasteiger charge is 2.29. The highest BCUT2D eigenvalue weighted by molar-refractivity contribution is 5.72. The van der Waals surface area contributed by atoms with Gasteiger partial charge in [0, 0.05) is 6.04 Å². The summed E-state index contributed by atoms with van der Waals surface area (Å²) in [5.41, 5.74) is 5.84. The number of nitrogens with two attached hydrogens (primary N) is 1. The molecular weight excluding hydrogens is 214 g/mol. The van der Waals surface area contributed by atoms with Gasteiger partial charge in [-0.15, -0.1) is 0 Å². The monoisotopic (exact) mass is 239 g/mol. The van der Waals surface area contributed by atoms with E-state index in [-0.39, 0.29) is 18.0 Å². The number of ether oxygens (including phenoxy) is 1. The number of hydrogen-bond donors (Lipinski definition) is 1. The molecule has 0 radical (unpaired) electrons. The quantitative estimate of drug-likeness (QED) is 0.754. The van der Waals surface area contributed by atoms with E-state index in [0.29, 0.717) is 6.04 Å². The maximum absolute atomic E-state index is 12.0. The zero-order chi connectivity index (χ0) is 12.3. The standard InChI is InChI=1S/C14H25NO2/c1-10-2-8-13(9-3-10)17-14(16)11-4-6-12(15)7-5-11/h10-13H,2-9,15H2,1H3. The van der Waals surface area contributed by atoms with Gasteiger partial charge in [0.15, 0.2) is 0 Å². The van der Waals surface area contributed by atoms with E-state index in [2.05, 4.69) is 6.92 Å². The van der Waals surface area contributed by atoms with Crippen molar-refractivity contribution in [3.05, 3.63) is 0 Å². The van der Waals surface area contributed by atoms with E-state index in [1.165, 1.54) is 12.8 Å². The molecule has 2 N–H and O–H groups in total. The number of esters is 1. The van der Waals surface area contributed by atoms with Crippen molar-refractivity contribution < 1.29 is 9.53 Å². The van der Waals surface area contributed by atoms with Crippen molar-refractivity contribution in [1.82, 2.24) is 0 Å². The molecular formula is C14H25NO2. The molecule has 0 aromatic carbocycles. The maximum atomic E-state index is 12.0. The van der Waals surface area contributed by atoms with Gasteiger partial charge in [-0.25, -0.2) is 0 Å². The number of carbonyl (C=O) groups excluding carboxylic acids is 1. The van der Waals surface area contributed by atoms with E-state index in [0.717, 1.165) is 44.4 Å². The van der Waals surface area contributed by atoms with Crippen LogP contribution in [0.2, 0.25) is 0 Å². The number of carbonyl (C=O) groups is 1. The Kier molecular flexibility index (Phi) is 4.43. The molecule has 0 atom stereocenters. The van der Waals surface area contributed by atoms with Crippen LogP contribution in [0.3, 0.4) is 0 Å². The van der Waals surface area contributed by atoms with Gasteiger partial charge in [0.2, 0.25) is 0 Å². The van der Waals surface area contributed by atoms with Crippen LogP contribution >= 0.6 is 0 Å². The molecule has 0 aromatic heterocycles. The van der Waals surface area contributed by atoms with E-state index >= 15 is 0 Å². The van der Waals surface area contributed by atoms with Gasteiger partial charge in [0.05, 0.1) is 5.92 Å². The lowest BCUT2D eigenvalue weighted by Gasteiger charge is -2.29. The van der Waals surface area contributed by atoms with Gasteiger partial charge < -0.3 is 10.5 Å². The minimum absolute atomic E-state index is 0.0384. The van der Waals surface area contributed by atoms with Crippen molar-refractivity contribution in [2.75, 3.05) is 0 Å². The largest absolute Gasteiger partial charge is 0.462 e. The van der Waals surface area contributed by atoms with Crippen LogP contribution in [0.4, 0.5) is 0 Å². The Morgan fingerprint density at radius 1 is 1.00 bits per heavy atom. The van der Waals surface area contributed by atoms with Crippen LogP contribution in [0.25, 0.3) is 0 Å². The lowest BCUT2D eigenvalue weighted by Crippen LogP contribution is -2.33. The number of rotatable bonds is 2. The normalized spacial score (nSPS) is 38.7. The molecule has 0 heterocycles. The molecule has 2 aliphatic carbocycles. The van der Waals surface area contributed by atoms with E-state index in [1.807, 2.05) is 0 Å². The Bertz CT molecular complexity index is 251. The van der Waals surface area contributed by atoms with Gasteiger partial charge in [-0.2, -0.15) is 0 Å². The van der Waals surface area contributed by atoms with Crippen molar-refractivity contribution in [1.29, 1.82) is 0 Å². The summed E-state index contributed by atoms with van der Waals surface area (Å²) in [6.07, 6.45) is 8.49. The third kappa shape index (κ3) is 3.70. The van der Waals surface area contributed by atoms with Crippen LogP contribution in [-0.2, 0) is 9.53 Å². The SMILES string of the molecule is CC1CCC(OC(=O)C2CCC(N)CC2)CC1. The van der Waals surface area contributed by atoms with Crippen LogP contribution in [0.15, 0.2) is 0 Å². The molecule has 98 valence electrons. The maximum Gasteiger partial charge on any atom is 0.309 e. The zero-order valence-corrected chi connectivity index (χ0v) is 10.9. The van der Waals surface area contributed by atoms with Gasteiger partial charge >= 0.3 is 5.97 Å². The summed E-state index contributed by atoms with van der Waals surface area (Å²) in [6.45, 7) is 2.28. The molecule has 0 bridgehead atoms. The number of hydrogen-bond acceptors (Lipinski definition) is 3. The molecule has 2 aliphatic rings.